The number of aliphatic hydroxyl groups excluding tert-OH is 2. The molecule has 0 spiro atoms. The van der Waals surface area contributed by atoms with Gasteiger partial charge < -0.3 is 15.3 Å². The summed E-state index contributed by atoms with van der Waals surface area (Å²) in [7, 11) is 0. The van der Waals surface area contributed by atoms with Crippen LogP contribution in [-0.4, -0.2) is 27.4 Å². The van der Waals surface area contributed by atoms with Gasteiger partial charge in [-0.25, -0.2) is 0 Å². The Morgan fingerprint density at radius 1 is 0.800 bits per heavy atom. The molecular weight excluding hydrogens is 494 g/mol. The van der Waals surface area contributed by atoms with Crippen molar-refractivity contribution in [1.29, 1.82) is 0 Å². The predicted molar refractivity (Wildman–Crippen MR) is 121 cm³/mol. The van der Waals surface area contributed by atoms with Crippen LogP contribution in [-0.2, 0) is 38.3 Å². The zero-order chi connectivity index (χ0) is 26.0. The molecule has 1 heterocycles. The number of hydrogen-bond acceptors (Lipinski definition) is 4. The lowest BCUT2D eigenvalue weighted by atomic mass is 9.88. The molecule has 0 aliphatic rings. The summed E-state index contributed by atoms with van der Waals surface area (Å²) in [6.45, 7) is 1.02. The lowest BCUT2D eigenvalue weighted by Gasteiger charge is -2.33. The van der Waals surface area contributed by atoms with E-state index in [2.05, 4.69) is 0 Å². The number of alkyl halides is 6. The number of halogens is 6. The minimum atomic E-state index is -6.30. The van der Waals surface area contributed by atoms with Crippen molar-refractivity contribution >= 4 is 11.3 Å². The summed E-state index contributed by atoms with van der Waals surface area (Å²) in [5.74, 6) is -11.0. The summed E-state index contributed by atoms with van der Waals surface area (Å²) >= 11 is 1.04. The van der Waals surface area contributed by atoms with E-state index in [4.69, 9.17) is 0 Å². The summed E-state index contributed by atoms with van der Waals surface area (Å²) in [5, 5.41) is 30.4. The van der Waals surface area contributed by atoms with Crippen molar-refractivity contribution in [3.63, 3.8) is 0 Å². The maximum absolute atomic E-state index is 15.1. The van der Waals surface area contributed by atoms with Crippen molar-refractivity contribution in [3.05, 3.63) is 81.2 Å². The Kier molecular flexibility index (Phi) is 8.00. The highest BCUT2D eigenvalue weighted by Gasteiger charge is 2.72. The SMILES string of the molecule is CCc1cccc(-c2cc(CCc3ccc(CO)c(CO)c3)cs2)c1C(O)(F)C(F)(F)C(F)(F)F. The first-order valence-corrected chi connectivity index (χ1v) is 11.6. The average molecular weight is 519 g/mol. The molecule has 3 aromatic rings. The van der Waals surface area contributed by atoms with Crippen LogP contribution in [0.1, 0.15) is 40.3 Å². The molecule has 3 nitrogen and oxygen atoms in total. The van der Waals surface area contributed by atoms with Crippen LogP contribution in [0.5, 0.6) is 0 Å². The van der Waals surface area contributed by atoms with E-state index in [9.17, 15) is 37.3 Å². The zero-order valence-electron chi connectivity index (χ0n) is 18.7. The van der Waals surface area contributed by atoms with Gasteiger partial charge in [0.1, 0.15) is 0 Å². The van der Waals surface area contributed by atoms with Gasteiger partial charge in [-0.15, -0.1) is 11.3 Å². The zero-order valence-corrected chi connectivity index (χ0v) is 19.5. The maximum Gasteiger partial charge on any atom is 0.459 e. The van der Waals surface area contributed by atoms with Crippen LogP contribution in [0.3, 0.4) is 0 Å². The summed E-state index contributed by atoms with van der Waals surface area (Å²) in [5.41, 5.74) is 1.31. The largest absolute Gasteiger partial charge is 0.459 e. The van der Waals surface area contributed by atoms with E-state index in [0.29, 0.717) is 24.0 Å². The Morgan fingerprint density at radius 3 is 2.06 bits per heavy atom. The molecule has 1 aromatic heterocycles. The highest BCUT2D eigenvalue weighted by molar-refractivity contribution is 7.13. The number of benzene rings is 2. The predicted octanol–water partition coefficient (Wildman–Crippen LogP) is 6.06. The van der Waals surface area contributed by atoms with Gasteiger partial charge in [0.05, 0.1) is 13.2 Å². The molecule has 0 amide bonds. The fourth-order valence-electron chi connectivity index (χ4n) is 3.91. The number of hydrogen-bond donors (Lipinski definition) is 3. The summed E-state index contributed by atoms with van der Waals surface area (Å²) < 4.78 is 82.1. The molecule has 0 bridgehead atoms. The van der Waals surface area contributed by atoms with E-state index in [1.54, 1.807) is 29.6 Å². The van der Waals surface area contributed by atoms with Gasteiger partial charge in [-0.1, -0.05) is 43.3 Å². The molecule has 10 heteroatoms. The second kappa shape index (κ2) is 10.3. The Hall–Kier alpha value is -2.40. The average Bonchev–Trinajstić information content (AvgIpc) is 3.30. The summed E-state index contributed by atoms with van der Waals surface area (Å²) in [6, 6.07) is 10.7. The highest BCUT2D eigenvalue weighted by Crippen LogP contribution is 2.52. The molecule has 0 saturated carbocycles. The molecule has 0 radical (unpaired) electrons. The third-order valence-corrected chi connectivity index (χ3v) is 6.88. The molecule has 0 fully saturated rings. The quantitative estimate of drug-likeness (QED) is 0.302. The fourth-order valence-corrected chi connectivity index (χ4v) is 4.89. The van der Waals surface area contributed by atoms with Gasteiger partial charge in [-0.3, -0.25) is 0 Å². The van der Waals surface area contributed by atoms with Gasteiger partial charge in [0.25, 0.3) is 0 Å². The van der Waals surface area contributed by atoms with Gasteiger partial charge in [0.2, 0.25) is 0 Å². The lowest BCUT2D eigenvalue weighted by molar-refractivity contribution is -0.379. The Bertz CT molecular complexity index is 1170. The van der Waals surface area contributed by atoms with Crippen LogP contribution < -0.4 is 0 Å². The van der Waals surface area contributed by atoms with Crippen LogP contribution in [0.2, 0.25) is 0 Å². The number of aliphatic hydroxyl groups is 3. The van der Waals surface area contributed by atoms with Gasteiger partial charge >= 0.3 is 18.0 Å². The van der Waals surface area contributed by atoms with Crippen LogP contribution in [0.4, 0.5) is 26.3 Å². The van der Waals surface area contributed by atoms with Crippen molar-refractivity contribution in [3.8, 4) is 10.4 Å². The first-order valence-electron chi connectivity index (χ1n) is 10.8. The second-order valence-electron chi connectivity index (χ2n) is 8.13. The van der Waals surface area contributed by atoms with Crippen LogP contribution >= 0.6 is 11.3 Å². The molecule has 2 aromatic carbocycles. The van der Waals surface area contributed by atoms with Crippen molar-refractivity contribution in [2.75, 3.05) is 0 Å². The topological polar surface area (TPSA) is 60.7 Å². The van der Waals surface area contributed by atoms with Crippen molar-refractivity contribution in [2.45, 2.75) is 57.4 Å². The third-order valence-electron chi connectivity index (χ3n) is 5.87. The van der Waals surface area contributed by atoms with Gasteiger partial charge in [-0.05, 0) is 58.5 Å². The normalized spacial score (nSPS) is 14.2. The van der Waals surface area contributed by atoms with Gasteiger partial charge in [0, 0.05) is 16.0 Å². The van der Waals surface area contributed by atoms with Crippen LogP contribution in [0.25, 0.3) is 10.4 Å². The summed E-state index contributed by atoms with van der Waals surface area (Å²) in [6.07, 6.45) is -5.37. The van der Waals surface area contributed by atoms with E-state index >= 15 is 4.39 Å². The van der Waals surface area contributed by atoms with Crippen molar-refractivity contribution < 1.29 is 41.7 Å². The Balaban J connectivity index is 1.95. The number of aryl methyl sites for hydroxylation is 3. The first kappa shape index (κ1) is 27.2. The molecular formula is C25H24F6O3S. The number of rotatable bonds is 9. The van der Waals surface area contributed by atoms with Crippen LogP contribution in [0, 0.1) is 0 Å². The molecule has 1 atom stereocenters. The standard InChI is InChI=1S/C25H24F6O3S/c1-2-17-4-3-5-20(22(17)23(26,34)24(27,28)25(29,30)31)21-11-16(14-35-21)7-6-15-8-9-18(12-32)19(10-15)13-33/h3-5,8-11,14,32-34H,2,6-7,12-13H2,1H3. The van der Waals surface area contributed by atoms with E-state index in [1.807, 2.05) is 0 Å². The van der Waals surface area contributed by atoms with E-state index in [1.165, 1.54) is 25.1 Å². The second-order valence-corrected chi connectivity index (χ2v) is 9.04. The molecule has 0 saturated heterocycles. The van der Waals surface area contributed by atoms with Crippen LogP contribution in [0.15, 0.2) is 47.8 Å². The van der Waals surface area contributed by atoms with Crippen molar-refractivity contribution in [2.24, 2.45) is 0 Å². The lowest BCUT2D eigenvalue weighted by Crippen LogP contribution is -2.53. The monoisotopic (exact) mass is 518 g/mol. The van der Waals surface area contributed by atoms with Gasteiger partial charge in [-0.2, -0.15) is 26.3 Å². The smallest absolute Gasteiger partial charge is 0.392 e. The number of thiophene rings is 1. The van der Waals surface area contributed by atoms with Crippen molar-refractivity contribution in [1.82, 2.24) is 0 Å². The minimum Gasteiger partial charge on any atom is -0.392 e. The molecule has 0 aliphatic carbocycles. The highest BCUT2D eigenvalue weighted by atomic mass is 32.1. The third kappa shape index (κ3) is 5.25. The first-order chi connectivity index (χ1) is 16.4. The maximum atomic E-state index is 15.1. The molecule has 0 aliphatic heterocycles. The van der Waals surface area contributed by atoms with E-state index < -0.39 is 23.5 Å². The molecule has 190 valence electrons. The van der Waals surface area contributed by atoms with E-state index in [-0.39, 0.29) is 35.6 Å². The summed E-state index contributed by atoms with van der Waals surface area (Å²) in [4.78, 5) is 0.242. The Labute approximate surface area is 202 Å². The fraction of sp³-hybridized carbons (Fsp3) is 0.360. The Morgan fingerprint density at radius 2 is 1.46 bits per heavy atom. The molecule has 1 unspecified atom stereocenters. The van der Waals surface area contributed by atoms with Gasteiger partial charge in [0.15, 0.2) is 0 Å². The van der Waals surface area contributed by atoms with E-state index in [0.717, 1.165) is 22.5 Å². The molecule has 35 heavy (non-hydrogen) atoms. The minimum absolute atomic E-state index is 0.0708. The molecule has 3 rings (SSSR count). The molecule has 3 N–H and O–H groups in total.